The zero-order valence-corrected chi connectivity index (χ0v) is 10.8. The van der Waals surface area contributed by atoms with E-state index in [-0.39, 0.29) is 11.4 Å². The average molecular weight is 269 g/mol. The molecule has 0 radical (unpaired) electrons. The van der Waals surface area contributed by atoms with Crippen LogP contribution in [0.2, 0.25) is 0 Å². The molecule has 0 saturated carbocycles. The van der Waals surface area contributed by atoms with Crippen LogP contribution in [-0.2, 0) is 16.6 Å². The smallest absolute Gasteiger partial charge is 0.207 e. The molecule has 0 bridgehead atoms. The molecule has 2 rings (SSSR count). The van der Waals surface area contributed by atoms with Crippen LogP contribution >= 0.6 is 11.3 Å². The second-order valence-corrected chi connectivity index (χ2v) is 6.39. The highest BCUT2D eigenvalue weighted by molar-refractivity contribution is 7.89. The Morgan fingerprint density at radius 2 is 1.94 bits per heavy atom. The van der Waals surface area contributed by atoms with Crippen LogP contribution in [0.15, 0.2) is 35.2 Å². The van der Waals surface area contributed by atoms with Crippen molar-refractivity contribution in [3.8, 4) is 0 Å². The average Bonchev–Trinajstić information content (AvgIpc) is 2.74. The molecule has 0 aliphatic heterocycles. The zero-order valence-electron chi connectivity index (χ0n) is 9.12. The Kier molecular flexibility index (Phi) is 3.51. The second kappa shape index (κ2) is 4.91. The van der Waals surface area contributed by atoms with E-state index in [1.165, 1.54) is 11.3 Å². The fourth-order valence-corrected chi connectivity index (χ4v) is 3.00. The van der Waals surface area contributed by atoms with Crippen molar-refractivity contribution in [1.29, 1.82) is 0 Å². The van der Waals surface area contributed by atoms with Gasteiger partial charge in [0.15, 0.2) is 0 Å². The summed E-state index contributed by atoms with van der Waals surface area (Å²) in [5, 5.41) is 9.15. The molecule has 7 heteroatoms. The first-order chi connectivity index (χ1) is 8.08. The van der Waals surface area contributed by atoms with Crippen LogP contribution in [0.5, 0.6) is 0 Å². The van der Waals surface area contributed by atoms with Gasteiger partial charge in [-0.05, 0) is 19.1 Å². The molecule has 1 aromatic heterocycles. The van der Waals surface area contributed by atoms with Crippen LogP contribution in [0.25, 0.3) is 0 Å². The molecule has 0 spiro atoms. The normalized spacial score (nSPS) is 11.6. The minimum absolute atomic E-state index is 0.169. The van der Waals surface area contributed by atoms with E-state index in [4.69, 9.17) is 0 Å². The lowest BCUT2D eigenvalue weighted by atomic mass is 10.4. The van der Waals surface area contributed by atoms with Gasteiger partial charge in [-0.3, -0.25) is 0 Å². The quantitative estimate of drug-likeness (QED) is 0.908. The molecule has 90 valence electrons. The summed E-state index contributed by atoms with van der Waals surface area (Å²) in [6.45, 7) is 2.00. The van der Waals surface area contributed by atoms with Gasteiger partial charge >= 0.3 is 0 Å². The highest BCUT2D eigenvalue weighted by Gasteiger charge is 2.13. The van der Waals surface area contributed by atoms with Gasteiger partial charge in [-0.1, -0.05) is 18.2 Å². The summed E-state index contributed by atoms with van der Waals surface area (Å²) >= 11 is 1.37. The van der Waals surface area contributed by atoms with E-state index in [0.29, 0.717) is 5.01 Å². The van der Waals surface area contributed by atoms with Gasteiger partial charge in [0, 0.05) is 0 Å². The van der Waals surface area contributed by atoms with Gasteiger partial charge in [-0.2, -0.15) is 0 Å². The lowest BCUT2D eigenvalue weighted by molar-refractivity contribution is 0.581. The van der Waals surface area contributed by atoms with Crippen molar-refractivity contribution < 1.29 is 8.42 Å². The van der Waals surface area contributed by atoms with E-state index in [1.807, 2.05) is 6.92 Å². The SMILES string of the molecule is Cc1nnc(CNS(=O)(=O)c2ccccc2)s1. The molecule has 17 heavy (non-hydrogen) atoms. The molecule has 0 saturated heterocycles. The number of aryl methyl sites for hydroxylation is 1. The maximum atomic E-state index is 11.9. The van der Waals surface area contributed by atoms with Crippen molar-refractivity contribution in [1.82, 2.24) is 14.9 Å². The maximum absolute atomic E-state index is 11.9. The topological polar surface area (TPSA) is 72.0 Å². The maximum Gasteiger partial charge on any atom is 0.240 e. The van der Waals surface area contributed by atoms with Gasteiger partial charge in [0.2, 0.25) is 10.0 Å². The fraction of sp³-hybridized carbons (Fsp3) is 0.200. The van der Waals surface area contributed by atoms with E-state index in [2.05, 4.69) is 14.9 Å². The molecule has 1 N–H and O–H groups in total. The van der Waals surface area contributed by atoms with E-state index in [0.717, 1.165) is 5.01 Å². The summed E-state index contributed by atoms with van der Waals surface area (Å²) in [5.41, 5.74) is 0. The van der Waals surface area contributed by atoms with Crippen molar-refractivity contribution in [2.45, 2.75) is 18.4 Å². The van der Waals surface area contributed by atoms with Gasteiger partial charge in [0.1, 0.15) is 10.0 Å². The molecule has 1 aromatic carbocycles. The molecule has 0 amide bonds. The Bertz CT molecular complexity index is 593. The molecule has 1 heterocycles. The number of hydrogen-bond acceptors (Lipinski definition) is 5. The number of nitrogens with zero attached hydrogens (tertiary/aromatic N) is 2. The summed E-state index contributed by atoms with van der Waals surface area (Å²) < 4.78 is 26.2. The van der Waals surface area contributed by atoms with Gasteiger partial charge in [0.25, 0.3) is 0 Å². The molecule has 0 aliphatic rings. The standard InChI is InChI=1S/C10H11N3O2S2/c1-8-12-13-10(16-8)7-11-17(14,15)9-5-3-2-4-6-9/h2-6,11H,7H2,1H3. The van der Waals surface area contributed by atoms with Gasteiger partial charge in [-0.25, -0.2) is 13.1 Å². The first kappa shape index (κ1) is 12.2. The molecular formula is C10H11N3O2S2. The molecule has 0 aliphatic carbocycles. The van der Waals surface area contributed by atoms with Crippen molar-refractivity contribution in [2.75, 3.05) is 0 Å². The summed E-state index contributed by atoms with van der Waals surface area (Å²) in [5.74, 6) is 0. The van der Waals surface area contributed by atoms with E-state index in [1.54, 1.807) is 30.3 Å². The molecule has 5 nitrogen and oxygen atoms in total. The van der Waals surface area contributed by atoms with Crippen LogP contribution in [-0.4, -0.2) is 18.6 Å². The molecule has 2 aromatic rings. The van der Waals surface area contributed by atoms with Crippen molar-refractivity contribution in [2.24, 2.45) is 0 Å². The predicted octanol–water partition coefficient (Wildman–Crippen LogP) is 1.33. The zero-order chi connectivity index (χ0) is 12.3. The monoisotopic (exact) mass is 269 g/mol. The number of sulfonamides is 1. The third-order valence-electron chi connectivity index (χ3n) is 2.03. The molecule has 0 atom stereocenters. The lowest BCUT2D eigenvalue weighted by Gasteiger charge is -2.03. The van der Waals surface area contributed by atoms with E-state index < -0.39 is 10.0 Å². The first-order valence-electron chi connectivity index (χ1n) is 4.91. The summed E-state index contributed by atoms with van der Waals surface area (Å²) in [4.78, 5) is 0.251. The van der Waals surface area contributed by atoms with Gasteiger partial charge in [0.05, 0.1) is 11.4 Å². The fourth-order valence-electron chi connectivity index (χ4n) is 1.25. The number of rotatable bonds is 4. The van der Waals surface area contributed by atoms with Crippen molar-refractivity contribution >= 4 is 21.4 Å². The highest BCUT2D eigenvalue weighted by Crippen LogP contribution is 2.11. The van der Waals surface area contributed by atoms with Crippen LogP contribution < -0.4 is 4.72 Å². The molecule has 0 fully saturated rings. The van der Waals surface area contributed by atoms with E-state index >= 15 is 0 Å². The molecule has 0 unspecified atom stereocenters. The Balaban J connectivity index is 2.09. The molecular weight excluding hydrogens is 258 g/mol. The van der Waals surface area contributed by atoms with Gasteiger partial charge in [-0.15, -0.1) is 21.5 Å². The number of nitrogens with one attached hydrogen (secondary N) is 1. The minimum Gasteiger partial charge on any atom is -0.207 e. The Morgan fingerprint density at radius 1 is 1.24 bits per heavy atom. The van der Waals surface area contributed by atoms with E-state index in [9.17, 15) is 8.42 Å². The van der Waals surface area contributed by atoms with Crippen LogP contribution in [0.3, 0.4) is 0 Å². The highest BCUT2D eigenvalue weighted by atomic mass is 32.2. The number of benzene rings is 1. The van der Waals surface area contributed by atoms with Crippen LogP contribution in [0, 0.1) is 6.92 Å². The first-order valence-corrected chi connectivity index (χ1v) is 7.21. The Hall–Kier alpha value is -1.31. The van der Waals surface area contributed by atoms with Gasteiger partial charge < -0.3 is 0 Å². The van der Waals surface area contributed by atoms with Crippen molar-refractivity contribution in [3.05, 3.63) is 40.3 Å². The third kappa shape index (κ3) is 3.09. The number of hydrogen-bond donors (Lipinski definition) is 1. The van der Waals surface area contributed by atoms with Crippen molar-refractivity contribution in [3.63, 3.8) is 0 Å². The number of aromatic nitrogens is 2. The van der Waals surface area contributed by atoms with Crippen LogP contribution in [0.4, 0.5) is 0 Å². The Morgan fingerprint density at radius 3 is 2.53 bits per heavy atom. The second-order valence-electron chi connectivity index (χ2n) is 3.35. The summed E-state index contributed by atoms with van der Waals surface area (Å²) in [6.07, 6.45) is 0. The third-order valence-corrected chi connectivity index (χ3v) is 4.29. The largest absolute Gasteiger partial charge is 0.240 e. The van der Waals surface area contributed by atoms with Crippen LogP contribution in [0.1, 0.15) is 10.0 Å². The predicted molar refractivity (Wildman–Crippen MR) is 65.1 cm³/mol. The minimum atomic E-state index is -3.46. The lowest BCUT2D eigenvalue weighted by Crippen LogP contribution is -2.23. The summed E-state index contributed by atoms with van der Waals surface area (Å²) in [7, 11) is -3.46. The summed E-state index contributed by atoms with van der Waals surface area (Å²) in [6, 6.07) is 8.24. The Labute approximate surface area is 104 Å².